The van der Waals surface area contributed by atoms with E-state index in [0.29, 0.717) is 17.3 Å². The Morgan fingerprint density at radius 2 is 1.47 bits per heavy atom. The molecule has 90 valence electrons. The average Bonchev–Trinajstić information content (AvgIpc) is 2.13. The van der Waals surface area contributed by atoms with Crippen LogP contribution in [0, 0.1) is 17.3 Å². The van der Waals surface area contributed by atoms with Crippen molar-refractivity contribution in [3.8, 4) is 0 Å². The number of allylic oxidation sites excluding steroid dienone is 1. The normalized spacial score (nSPS) is 12.5. The van der Waals surface area contributed by atoms with E-state index in [4.69, 9.17) is 0 Å². The van der Waals surface area contributed by atoms with E-state index < -0.39 is 0 Å². The summed E-state index contributed by atoms with van der Waals surface area (Å²) in [7, 11) is 0. The SMILES string of the molecule is C=C(CCC)C(CCC)(C(C)C)C(C)C. The maximum absolute atomic E-state index is 4.38. The van der Waals surface area contributed by atoms with E-state index in [9.17, 15) is 0 Å². The first-order valence-electron chi connectivity index (χ1n) is 6.61. The van der Waals surface area contributed by atoms with E-state index in [1.807, 2.05) is 0 Å². The summed E-state index contributed by atoms with van der Waals surface area (Å²) in [4.78, 5) is 0. The summed E-state index contributed by atoms with van der Waals surface area (Å²) in [6, 6.07) is 0. The van der Waals surface area contributed by atoms with Gasteiger partial charge >= 0.3 is 0 Å². The van der Waals surface area contributed by atoms with Gasteiger partial charge in [0.05, 0.1) is 0 Å². The Morgan fingerprint density at radius 1 is 1.00 bits per heavy atom. The van der Waals surface area contributed by atoms with Crippen molar-refractivity contribution in [3.05, 3.63) is 12.2 Å². The predicted octanol–water partition coefficient (Wildman–Crippen LogP) is 5.44. The van der Waals surface area contributed by atoms with Crippen LogP contribution in [-0.2, 0) is 0 Å². The van der Waals surface area contributed by atoms with E-state index in [1.165, 1.54) is 31.3 Å². The molecule has 0 unspecified atom stereocenters. The lowest BCUT2D eigenvalue weighted by molar-refractivity contribution is 0.140. The van der Waals surface area contributed by atoms with Gasteiger partial charge in [-0.3, -0.25) is 0 Å². The average molecular weight is 210 g/mol. The standard InChI is InChI=1S/C15H30/c1-8-10-14(7)15(11-9-2,12(3)4)13(5)6/h12-13H,7-11H2,1-6H3. The quantitative estimate of drug-likeness (QED) is 0.491. The van der Waals surface area contributed by atoms with Crippen molar-refractivity contribution in [2.45, 2.75) is 67.2 Å². The van der Waals surface area contributed by atoms with Crippen LogP contribution in [0.2, 0.25) is 0 Å². The molecule has 0 heteroatoms. The number of rotatable bonds is 7. The highest BCUT2D eigenvalue weighted by Crippen LogP contribution is 2.47. The van der Waals surface area contributed by atoms with Crippen LogP contribution in [0.25, 0.3) is 0 Å². The molecule has 0 rings (SSSR count). The summed E-state index contributed by atoms with van der Waals surface area (Å²) < 4.78 is 0. The second kappa shape index (κ2) is 6.35. The van der Waals surface area contributed by atoms with Crippen LogP contribution < -0.4 is 0 Å². The Kier molecular flexibility index (Phi) is 6.24. The molecule has 0 atom stereocenters. The number of hydrogen-bond acceptors (Lipinski definition) is 0. The van der Waals surface area contributed by atoms with E-state index in [0.717, 1.165) is 0 Å². The smallest absolute Gasteiger partial charge is 0.00449 e. The fraction of sp³-hybridized carbons (Fsp3) is 0.867. The highest BCUT2D eigenvalue weighted by molar-refractivity contribution is 5.13. The third kappa shape index (κ3) is 3.09. The maximum Gasteiger partial charge on any atom is -0.00449 e. The van der Waals surface area contributed by atoms with Gasteiger partial charge in [-0.25, -0.2) is 0 Å². The van der Waals surface area contributed by atoms with Gasteiger partial charge in [0.1, 0.15) is 0 Å². The molecular weight excluding hydrogens is 180 g/mol. The molecule has 0 saturated carbocycles. The minimum atomic E-state index is 0.366. The highest BCUT2D eigenvalue weighted by Gasteiger charge is 2.37. The summed E-state index contributed by atoms with van der Waals surface area (Å²) >= 11 is 0. The van der Waals surface area contributed by atoms with Crippen molar-refractivity contribution in [1.82, 2.24) is 0 Å². The molecule has 0 saturated heterocycles. The lowest BCUT2D eigenvalue weighted by atomic mass is 9.61. The summed E-state index contributed by atoms with van der Waals surface area (Å²) in [5.74, 6) is 1.41. The predicted molar refractivity (Wildman–Crippen MR) is 71.1 cm³/mol. The monoisotopic (exact) mass is 210 g/mol. The van der Waals surface area contributed by atoms with Crippen molar-refractivity contribution in [2.24, 2.45) is 17.3 Å². The second-order valence-corrected chi connectivity index (χ2v) is 5.45. The topological polar surface area (TPSA) is 0 Å². The summed E-state index contributed by atoms with van der Waals surface area (Å²) in [6.45, 7) is 18.4. The van der Waals surface area contributed by atoms with Crippen LogP contribution >= 0.6 is 0 Å². The Morgan fingerprint density at radius 3 is 1.73 bits per heavy atom. The maximum atomic E-state index is 4.38. The Bertz CT molecular complexity index is 178. The van der Waals surface area contributed by atoms with Gasteiger partial charge in [0.2, 0.25) is 0 Å². The lowest BCUT2D eigenvalue weighted by Crippen LogP contribution is -2.35. The molecule has 0 heterocycles. The van der Waals surface area contributed by atoms with E-state index in [2.05, 4.69) is 48.1 Å². The van der Waals surface area contributed by atoms with E-state index >= 15 is 0 Å². The fourth-order valence-corrected chi connectivity index (χ4v) is 3.19. The first kappa shape index (κ1) is 14.7. The zero-order valence-electron chi connectivity index (χ0n) is 11.7. The molecule has 0 nitrogen and oxygen atoms in total. The van der Waals surface area contributed by atoms with Crippen LogP contribution in [0.1, 0.15) is 67.2 Å². The van der Waals surface area contributed by atoms with Crippen molar-refractivity contribution in [1.29, 1.82) is 0 Å². The van der Waals surface area contributed by atoms with Gasteiger partial charge < -0.3 is 0 Å². The van der Waals surface area contributed by atoms with Crippen LogP contribution in [0.5, 0.6) is 0 Å². The van der Waals surface area contributed by atoms with Gasteiger partial charge in [-0.05, 0) is 30.1 Å². The van der Waals surface area contributed by atoms with Crippen LogP contribution in [0.4, 0.5) is 0 Å². The third-order valence-corrected chi connectivity index (χ3v) is 3.93. The number of hydrogen-bond donors (Lipinski definition) is 0. The van der Waals surface area contributed by atoms with Crippen molar-refractivity contribution in [2.75, 3.05) is 0 Å². The van der Waals surface area contributed by atoms with Crippen LogP contribution in [-0.4, -0.2) is 0 Å². The van der Waals surface area contributed by atoms with Gasteiger partial charge in [0.15, 0.2) is 0 Å². The van der Waals surface area contributed by atoms with Gasteiger partial charge in [-0.2, -0.15) is 0 Å². The van der Waals surface area contributed by atoms with Gasteiger partial charge in [-0.1, -0.05) is 66.5 Å². The van der Waals surface area contributed by atoms with Crippen LogP contribution in [0.15, 0.2) is 12.2 Å². The van der Waals surface area contributed by atoms with E-state index in [1.54, 1.807) is 0 Å². The molecule has 0 radical (unpaired) electrons. The van der Waals surface area contributed by atoms with Crippen LogP contribution in [0.3, 0.4) is 0 Å². The van der Waals surface area contributed by atoms with Gasteiger partial charge in [0.25, 0.3) is 0 Å². The first-order chi connectivity index (χ1) is 6.93. The molecule has 0 bridgehead atoms. The molecule has 0 aromatic carbocycles. The molecule has 0 aromatic heterocycles. The fourth-order valence-electron chi connectivity index (χ4n) is 3.19. The molecule has 0 spiro atoms. The van der Waals surface area contributed by atoms with Crippen molar-refractivity contribution in [3.63, 3.8) is 0 Å². The largest absolute Gasteiger partial charge is 0.0993 e. The van der Waals surface area contributed by atoms with Crippen molar-refractivity contribution >= 4 is 0 Å². The highest BCUT2D eigenvalue weighted by atomic mass is 14.4. The molecule has 0 aromatic rings. The molecule has 0 N–H and O–H groups in total. The molecule has 0 aliphatic rings. The minimum Gasteiger partial charge on any atom is -0.0993 e. The van der Waals surface area contributed by atoms with Gasteiger partial charge in [-0.15, -0.1) is 0 Å². The zero-order chi connectivity index (χ0) is 12.1. The Labute approximate surface area is 97.2 Å². The minimum absolute atomic E-state index is 0.366. The molecule has 0 amide bonds. The Hall–Kier alpha value is -0.260. The summed E-state index contributed by atoms with van der Waals surface area (Å²) in [6.07, 6.45) is 4.97. The molecule has 15 heavy (non-hydrogen) atoms. The third-order valence-electron chi connectivity index (χ3n) is 3.93. The molecule has 0 fully saturated rings. The summed E-state index contributed by atoms with van der Waals surface area (Å²) in [5, 5.41) is 0. The van der Waals surface area contributed by atoms with E-state index in [-0.39, 0.29) is 0 Å². The molecular formula is C15H30. The first-order valence-corrected chi connectivity index (χ1v) is 6.61. The molecule has 0 aliphatic carbocycles. The zero-order valence-corrected chi connectivity index (χ0v) is 11.7. The van der Waals surface area contributed by atoms with Gasteiger partial charge in [0, 0.05) is 0 Å². The molecule has 0 aliphatic heterocycles. The second-order valence-electron chi connectivity index (χ2n) is 5.45. The summed E-state index contributed by atoms with van der Waals surface area (Å²) in [5.41, 5.74) is 1.85. The lowest BCUT2D eigenvalue weighted by Gasteiger charge is -2.43. The Balaban J connectivity index is 5.02. The van der Waals surface area contributed by atoms with Crippen molar-refractivity contribution < 1.29 is 0 Å².